The van der Waals surface area contributed by atoms with Crippen molar-refractivity contribution < 1.29 is 0 Å². The van der Waals surface area contributed by atoms with Gasteiger partial charge in [0.2, 0.25) is 0 Å². The number of rotatable bonds is 0. The van der Waals surface area contributed by atoms with Crippen molar-refractivity contribution >= 4 is 6.21 Å². The first-order valence-electron chi connectivity index (χ1n) is 2.78. The van der Waals surface area contributed by atoms with Gasteiger partial charge >= 0.3 is 0 Å². The number of aliphatic imine (C=N–C) groups is 1. The molecule has 0 saturated carbocycles. The molecular formula is C6H10N2. The molecular weight excluding hydrogens is 100 g/mol. The van der Waals surface area contributed by atoms with Crippen molar-refractivity contribution in [1.29, 1.82) is 0 Å². The predicted octanol–water partition coefficient (Wildman–Crippen LogP) is 0.864. The minimum absolute atomic E-state index is 1.06. The molecule has 0 N–H and O–H groups in total. The van der Waals surface area contributed by atoms with E-state index in [0.29, 0.717) is 0 Å². The van der Waals surface area contributed by atoms with Gasteiger partial charge in [-0.25, -0.2) is 0 Å². The van der Waals surface area contributed by atoms with Crippen LogP contribution in [0.25, 0.3) is 0 Å². The standard InChI is InChI=1S/C6H10N2/c1-8-5-2-3-7-4-6-8/h3-4,6H,2,5H2,1H3. The van der Waals surface area contributed by atoms with Crippen LogP contribution in [-0.4, -0.2) is 24.7 Å². The number of nitrogens with zero attached hydrogens (tertiary/aromatic N) is 2. The second kappa shape index (κ2) is 2.50. The van der Waals surface area contributed by atoms with Crippen molar-refractivity contribution in [2.75, 3.05) is 13.6 Å². The van der Waals surface area contributed by atoms with Crippen LogP contribution in [0.15, 0.2) is 17.4 Å². The Morgan fingerprint density at radius 1 is 1.62 bits per heavy atom. The molecule has 1 heterocycles. The fraction of sp³-hybridized carbons (Fsp3) is 0.500. The number of hydrogen-bond acceptors (Lipinski definition) is 2. The topological polar surface area (TPSA) is 15.6 Å². The van der Waals surface area contributed by atoms with E-state index < -0.39 is 0 Å². The lowest BCUT2D eigenvalue weighted by Gasteiger charge is -2.08. The van der Waals surface area contributed by atoms with Crippen molar-refractivity contribution in [2.24, 2.45) is 4.99 Å². The summed E-state index contributed by atoms with van der Waals surface area (Å²) in [5.41, 5.74) is 0. The molecule has 1 aliphatic heterocycles. The lowest BCUT2D eigenvalue weighted by molar-refractivity contribution is 0.474. The summed E-state index contributed by atoms with van der Waals surface area (Å²) in [6.45, 7) is 1.08. The Hall–Kier alpha value is -0.790. The first-order valence-corrected chi connectivity index (χ1v) is 2.78. The monoisotopic (exact) mass is 110 g/mol. The van der Waals surface area contributed by atoms with Gasteiger partial charge in [-0.3, -0.25) is 4.99 Å². The summed E-state index contributed by atoms with van der Waals surface area (Å²) < 4.78 is 0. The summed E-state index contributed by atoms with van der Waals surface area (Å²) >= 11 is 0. The molecule has 0 aromatic rings. The van der Waals surface area contributed by atoms with Crippen LogP contribution in [0.5, 0.6) is 0 Å². The molecule has 0 radical (unpaired) electrons. The quantitative estimate of drug-likeness (QED) is 0.451. The average Bonchev–Trinajstić information content (AvgIpc) is 1.94. The first-order chi connectivity index (χ1) is 3.89. The van der Waals surface area contributed by atoms with Gasteiger partial charge in [0.05, 0.1) is 0 Å². The Morgan fingerprint density at radius 3 is 3.38 bits per heavy atom. The molecule has 2 nitrogen and oxygen atoms in total. The molecule has 0 spiro atoms. The van der Waals surface area contributed by atoms with Crippen molar-refractivity contribution in [3.05, 3.63) is 12.4 Å². The van der Waals surface area contributed by atoms with Crippen molar-refractivity contribution in [3.8, 4) is 0 Å². The summed E-state index contributed by atoms with van der Waals surface area (Å²) in [4.78, 5) is 6.09. The van der Waals surface area contributed by atoms with Crippen LogP contribution in [0.4, 0.5) is 0 Å². The van der Waals surface area contributed by atoms with Crippen LogP contribution in [0.1, 0.15) is 6.42 Å². The lowest BCUT2D eigenvalue weighted by atomic mass is 10.4. The molecule has 44 valence electrons. The van der Waals surface area contributed by atoms with Gasteiger partial charge in [-0.2, -0.15) is 0 Å². The minimum atomic E-state index is 1.06. The second-order valence-corrected chi connectivity index (χ2v) is 1.90. The van der Waals surface area contributed by atoms with Crippen molar-refractivity contribution in [2.45, 2.75) is 6.42 Å². The molecule has 0 aliphatic carbocycles. The SMILES string of the molecule is CN1C=CN=CCC1. The van der Waals surface area contributed by atoms with E-state index in [-0.39, 0.29) is 0 Å². The largest absolute Gasteiger partial charge is 0.379 e. The summed E-state index contributed by atoms with van der Waals surface area (Å²) in [5.74, 6) is 0. The van der Waals surface area contributed by atoms with Gasteiger partial charge in [-0.05, 0) is 0 Å². The van der Waals surface area contributed by atoms with Crippen molar-refractivity contribution in [1.82, 2.24) is 4.90 Å². The zero-order chi connectivity index (χ0) is 5.82. The Labute approximate surface area is 49.5 Å². The second-order valence-electron chi connectivity index (χ2n) is 1.90. The van der Waals surface area contributed by atoms with Gasteiger partial charge in [-0.15, -0.1) is 0 Å². The average molecular weight is 110 g/mol. The van der Waals surface area contributed by atoms with Gasteiger partial charge < -0.3 is 4.90 Å². The highest BCUT2D eigenvalue weighted by atomic mass is 15.1. The summed E-state index contributed by atoms with van der Waals surface area (Å²) in [6.07, 6.45) is 6.78. The normalized spacial score (nSPS) is 18.9. The minimum Gasteiger partial charge on any atom is -0.379 e. The van der Waals surface area contributed by atoms with Crippen molar-refractivity contribution in [3.63, 3.8) is 0 Å². The molecule has 0 aromatic heterocycles. The Balaban J connectivity index is 2.46. The molecule has 0 bridgehead atoms. The molecule has 8 heavy (non-hydrogen) atoms. The van der Waals surface area contributed by atoms with Gasteiger partial charge in [0, 0.05) is 38.6 Å². The van der Waals surface area contributed by atoms with E-state index in [0.717, 1.165) is 13.0 Å². The third-order valence-electron chi connectivity index (χ3n) is 1.12. The van der Waals surface area contributed by atoms with E-state index in [2.05, 4.69) is 9.89 Å². The predicted molar refractivity (Wildman–Crippen MR) is 34.9 cm³/mol. The number of hydrogen-bond donors (Lipinski definition) is 0. The maximum absolute atomic E-state index is 3.97. The van der Waals surface area contributed by atoms with Gasteiger partial charge in [0.25, 0.3) is 0 Å². The fourth-order valence-corrected chi connectivity index (χ4v) is 0.624. The smallest absolute Gasteiger partial charge is 0.0422 e. The zero-order valence-corrected chi connectivity index (χ0v) is 5.04. The van der Waals surface area contributed by atoms with E-state index >= 15 is 0 Å². The molecule has 0 atom stereocenters. The molecule has 1 rings (SSSR count). The van der Waals surface area contributed by atoms with Crippen LogP contribution >= 0.6 is 0 Å². The Morgan fingerprint density at radius 2 is 2.50 bits per heavy atom. The molecule has 0 aromatic carbocycles. The van der Waals surface area contributed by atoms with E-state index in [1.807, 2.05) is 25.7 Å². The first kappa shape index (κ1) is 5.35. The zero-order valence-electron chi connectivity index (χ0n) is 5.04. The summed E-state index contributed by atoms with van der Waals surface area (Å²) in [5, 5.41) is 0. The summed E-state index contributed by atoms with van der Waals surface area (Å²) in [6, 6.07) is 0. The fourth-order valence-electron chi connectivity index (χ4n) is 0.624. The molecule has 0 unspecified atom stereocenters. The maximum atomic E-state index is 3.97. The molecule has 0 amide bonds. The Bertz CT molecular complexity index is 116. The van der Waals surface area contributed by atoms with Gasteiger partial charge in [0.15, 0.2) is 0 Å². The maximum Gasteiger partial charge on any atom is 0.0422 e. The van der Waals surface area contributed by atoms with E-state index in [4.69, 9.17) is 0 Å². The third kappa shape index (κ3) is 1.37. The van der Waals surface area contributed by atoms with Crippen LogP contribution in [0.3, 0.4) is 0 Å². The Kier molecular flexibility index (Phi) is 1.67. The highest BCUT2D eigenvalue weighted by Gasteiger charge is 1.89. The molecule has 0 fully saturated rings. The van der Waals surface area contributed by atoms with E-state index in [9.17, 15) is 0 Å². The third-order valence-corrected chi connectivity index (χ3v) is 1.12. The van der Waals surface area contributed by atoms with Gasteiger partial charge in [0.1, 0.15) is 0 Å². The van der Waals surface area contributed by atoms with Crippen LogP contribution in [0, 0.1) is 0 Å². The molecule has 1 aliphatic rings. The van der Waals surface area contributed by atoms with Crippen LogP contribution < -0.4 is 0 Å². The highest BCUT2D eigenvalue weighted by Crippen LogP contribution is 1.91. The van der Waals surface area contributed by atoms with E-state index in [1.54, 1.807) is 0 Å². The summed E-state index contributed by atoms with van der Waals surface area (Å²) in [7, 11) is 2.05. The van der Waals surface area contributed by atoms with Crippen LogP contribution in [-0.2, 0) is 0 Å². The highest BCUT2D eigenvalue weighted by molar-refractivity contribution is 5.58. The molecule has 2 heteroatoms. The van der Waals surface area contributed by atoms with Crippen LogP contribution in [0.2, 0.25) is 0 Å². The van der Waals surface area contributed by atoms with E-state index in [1.165, 1.54) is 0 Å². The molecule has 0 saturated heterocycles. The van der Waals surface area contributed by atoms with Gasteiger partial charge in [-0.1, -0.05) is 0 Å². The lowest BCUT2D eigenvalue weighted by Crippen LogP contribution is -2.10.